The van der Waals surface area contributed by atoms with Crippen LogP contribution in [0.4, 0.5) is 30.4 Å². The molecule has 0 atom stereocenters. The predicted molar refractivity (Wildman–Crippen MR) is 128 cm³/mol. The number of anilines is 3. The van der Waals surface area contributed by atoms with Crippen LogP contribution in [0.25, 0.3) is 5.70 Å². The number of halogens is 3. The summed E-state index contributed by atoms with van der Waals surface area (Å²) in [4.78, 5) is 33.3. The fourth-order valence-electron chi connectivity index (χ4n) is 3.20. The van der Waals surface area contributed by atoms with Crippen LogP contribution in [0.15, 0.2) is 61.5 Å². The molecule has 0 saturated carbocycles. The number of rotatable bonds is 7. The van der Waals surface area contributed by atoms with Crippen molar-refractivity contribution in [3.8, 4) is 0 Å². The zero-order chi connectivity index (χ0) is 25.8. The highest BCUT2D eigenvalue weighted by Gasteiger charge is 2.36. The lowest BCUT2D eigenvalue weighted by atomic mass is 10.2. The number of carbonyl (C=O) groups excluding carboxylic acids is 2. The largest absolute Gasteiger partial charge is 0.431 e. The molecule has 0 spiro atoms. The Morgan fingerprint density at radius 2 is 1.83 bits per heavy atom. The lowest BCUT2D eigenvalue weighted by Crippen LogP contribution is -2.20. The summed E-state index contributed by atoms with van der Waals surface area (Å²) in [6.07, 6.45) is -0.579. The molecule has 3 aromatic rings. The van der Waals surface area contributed by atoms with E-state index in [9.17, 15) is 22.8 Å². The van der Waals surface area contributed by atoms with Crippen LogP contribution in [0, 0.1) is 13.8 Å². The van der Waals surface area contributed by atoms with Crippen molar-refractivity contribution in [1.82, 2.24) is 19.9 Å². The van der Waals surface area contributed by atoms with Crippen molar-refractivity contribution in [2.75, 3.05) is 17.7 Å². The number of aryl methyl sites for hydroxylation is 2. The average molecular weight is 484 g/mol. The van der Waals surface area contributed by atoms with Crippen LogP contribution < -0.4 is 16.0 Å². The third-order valence-corrected chi connectivity index (χ3v) is 4.96. The number of carbonyl (C=O) groups is 2. The van der Waals surface area contributed by atoms with Gasteiger partial charge in [-0.1, -0.05) is 30.9 Å². The van der Waals surface area contributed by atoms with E-state index in [1.165, 1.54) is 26.2 Å². The maximum absolute atomic E-state index is 13.5. The van der Waals surface area contributed by atoms with Gasteiger partial charge in [-0.05, 0) is 37.6 Å². The zero-order valence-corrected chi connectivity index (χ0v) is 19.2. The Hall–Kier alpha value is -4.41. The van der Waals surface area contributed by atoms with Gasteiger partial charge in [-0.25, -0.2) is 9.97 Å². The van der Waals surface area contributed by atoms with Gasteiger partial charge in [0.2, 0.25) is 0 Å². The van der Waals surface area contributed by atoms with Gasteiger partial charge in [0, 0.05) is 25.1 Å². The van der Waals surface area contributed by atoms with Gasteiger partial charge >= 0.3 is 6.18 Å². The van der Waals surface area contributed by atoms with Crippen LogP contribution in [0.2, 0.25) is 0 Å². The van der Waals surface area contributed by atoms with E-state index in [0.717, 1.165) is 28.5 Å². The first kappa shape index (κ1) is 25.2. The number of allylic oxidation sites excluding steroid dienone is 3. The van der Waals surface area contributed by atoms with E-state index in [-0.39, 0.29) is 28.6 Å². The van der Waals surface area contributed by atoms with Gasteiger partial charge in [0.1, 0.15) is 17.2 Å². The molecule has 0 fully saturated rings. The molecule has 3 N–H and O–H groups in total. The molecule has 2 amide bonds. The second-order valence-corrected chi connectivity index (χ2v) is 7.42. The summed E-state index contributed by atoms with van der Waals surface area (Å²) in [6, 6.07) is 8.78. The number of benzene rings is 1. The molecular weight excluding hydrogens is 461 g/mol. The van der Waals surface area contributed by atoms with Gasteiger partial charge in [-0.15, -0.1) is 0 Å². The maximum Gasteiger partial charge on any atom is 0.431 e. The third kappa shape index (κ3) is 5.75. The molecule has 8 nitrogen and oxygen atoms in total. The molecule has 11 heteroatoms. The van der Waals surface area contributed by atoms with Crippen molar-refractivity contribution in [2.45, 2.75) is 20.0 Å². The summed E-state index contributed by atoms with van der Waals surface area (Å²) in [5.74, 6) is -1.02. The number of hydrogen-bond acceptors (Lipinski definition) is 5. The Kier molecular flexibility index (Phi) is 7.38. The normalized spacial score (nSPS) is 11.7. The van der Waals surface area contributed by atoms with E-state index in [4.69, 9.17) is 0 Å². The first-order chi connectivity index (χ1) is 16.5. The van der Waals surface area contributed by atoms with Crippen LogP contribution in [-0.2, 0) is 0 Å². The second-order valence-electron chi connectivity index (χ2n) is 7.42. The molecule has 0 aliphatic rings. The number of nitrogens with one attached hydrogen (secondary N) is 3. The smallest absolute Gasteiger partial charge is 0.355 e. The van der Waals surface area contributed by atoms with Gasteiger partial charge in [0.15, 0.2) is 5.82 Å². The molecular formula is C24H23F3N6O2. The fourth-order valence-corrected chi connectivity index (χ4v) is 3.20. The van der Waals surface area contributed by atoms with Crippen LogP contribution >= 0.6 is 0 Å². The van der Waals surface area contributed by atoms with Crippen molar-refractivity contribution in [3.05, 3.63) is 84.1 Å². The number of nitrogens with zero attached hydrogens (tertiary/aromatic N) is 3. The number of alkyl halides is 3. The minimum absolute atomic E-state index is 0.0453. The number of imidazole rings is 1. The average Bonchev–Trinajstić information content (AvgIpc) is 3.19. The summed E-state index contributed by atoms with van der Waals surface area (Å²) >= 11 is 0. The number of amides is 2. The lowest BCUT2D eigenvalue weighted by Gasteiger charge is -2.14. The summed E-state index contributed by atoms with van der Waals surface area (Å²) in [6.45, 7) is 6.54. The SMILES string of the molecule is C=C/C=C(\n1cc(C(=O)Nc2cc(C(=O)NC)cnc2Nc2ccccc2C)nc1C)C(F)(F)F. The van der Waals surface area contributed by atoms with Crippen molar-refractivity contribution in [2.24, 2.45) is 0 Å². The van der Waals surface area contributed by atoms with Crippen molar-refractivity contribution < 1.29 is 22.8 Å². The number of pyridine rings is 1. The molecule has 0 radical (unpaired) electrons. The monoisotopic (exact) mass is 484 g/mol. The molecule has 0 aliphatic heterocycles. The van der Waals surface area contributed by atoms with Gasteiger partial charge in [-0.2, -0.15) is 13.2 Å². The highest BCUT2D eigenvalue weighted by molar-refractivity contribution is 6.05. The molecule has 2 aromatic heterocycles. The molecule has 1 aromatic carbocycles. The highest BCUT2D eigenvalue weighted by atomic mass is 19.4. The topological polar surface area (TPSA) is 101 Å². The van der Waals surface area contributed by atoms with Gasteiger partial charge in [0.05, 0.1) is 11.3 Å². The van der Waals surface area contributed by atoms with Crippen LogP contribution in [0.5, 0.6) is 0 Å². The highest BCUT2D eigenvalue weighted by Crippen LogP contribution is 2.31. The Bertz CT molecular complexity index is 1310. The third-order valence-electron chi connectivity index (χ3n) is 4.96. The van der Waals surface area contributed by atoms with E-state index >= 15 is 0 Å². The van der Waals surface area contributed by atoms with Gasteiger partial charge in [0.25, 0.3) is 11.8 Å². The molecule has 182 valence electrons. The van der Waals surface area contributed by atoms with Crippen molar-refractivity contribution in [1.29, 1.82) is 0 Å². The number of para-hydroxylation sites is 1. The van der Waals surface area contributed by atoms with E-state index in [0.29, 0.717) is 5.69 Å². The summed E-state index contributed by atoms with van der Waals surface area (Å²) in [5.41, 5.74) is 0.644. The van der Waals surface area contributed by atoms with Crippen LogP contribution in [0.3, 0.4) is 0 Å². The van der Waals surface area contributed by atoms with Crippen molar-refractivity contribution in [3.63, 3.8) is 0 Å². The summed E-state index contributed by atoms with van der Waals surface area (Å²) in [7, 11) is 1.45. The molecule has 0 aliphatic carbocycles. The molecule has 2 heterocycles. The molecule has 0 saturated heterocycles. The number of hydrogen-bond donors (Lipinski definition) is 3. The predicted octanol–water partition coefficient (Wildman–Crippen LogP) is 4.84. The summed E-state index contributed by atoms with van der Waals surface area (Å²) in [5, 5.41) is 8.17. The Morgan fingerprint density at radius 3 is 2.46 bits per heavy atom. The lowest BCUT2D eigenvalue weighted by molar-refractivity contribution is -0.0737. The van der Waals surface area contributed by atoms with Crippen LogP contribution in [-0.4, -0.2) is 39.6 Å². The Labute approximate surface area is 199 Å². The molecule has 0 bridgehead atoms. The van der Waals surface area contributed by atoms with E-state index < -0.39 is 23.7 Å². The van der Waals surface area contributed by atoms with E-state index in [2.05, 4.69) is 32.5 Å². The Morgan fingerprint density at radius 1 is 1.11 bits per heavy atom. The minimum atomic E-state index is -4.69. The maximum atomic E-state index is 13.5. The molecule has 0 unspecified atom stereocenters. The quantitative estimate of drug-likeness (QED) is 0.417. The first-order valence-electron chi connectivity index (χ1n) is 10.4. The van der Waals surface area contributed by atoms with E-state index in [1.807, 2.05) is 31.2 Å². The number of aromatic nitrogens is 3. The zero-order valence-electron chi connectivity index (χ0n) is 19.2. The van der Waals surface area contributed by atoms with Crippen molar-refractivity contribution >= 4 is 34.7 Å². The molecule has 35 heavy (non-hydrogen) atoms. The fraction of sp³-hybridized carbons (Fsp3) is 0.167. The van der Waals surface area contributed by atoms with Crippen LogP contribution in [0.1, 0.15) is 32.2 Å². The first-order valence-corrected chi connectivity index (χ1v) is 10.4. The minimum Gasteiger partial charge on any atom is -0.355 e. The Balaban J connectivity index is 1.99. The standard InChI is InChI=1S/C24H23F3N6O2/c1-5-8-20(24(25,26)27)33-13-19(30-15(33)3)23(35)32-18-11-16(22(34)28-4)12-29-21(18)31-17-10-7-6-9-14(17)2/h5-13H,1H2,2-4H3,(H,28,34)(H,29,31)(H,32,35)/b20-8-. The van der Waals surface area contributed by atoms with Gasteiger partial charge < -0.3 is 16.0 Å². The van der Waals surface area contributed by atoms with Gasteiger partial charge in [-0.3, -0.25) is 14.2 Å². The van der Waals surface area contributed by atoms with E-state index in [1.54, 1.807) is 0 Å². The summed E-state index contributed by atoms with van der Waals surface area (Å²) < 4.78 is 41.1. The molecule has 3 rings (SSSR count). The second kappa shape index (κ2) is 10.2.